The van der Waals surface area contributed by atoms with Crippen LogP contribution in [0.15, 0.2) is 36.4 Å². The molecular weight excluding hydrogens is 276 g/mol. The molecule has 2 aromatic rings. The van der Waals surface area contributed by atoms with Crippen LogP contribution in [0.25, 0.3) is 0 Å². The van der Waals surface area contributed by atoms with Gasteiger partial charge in [-0.15, -0.1) is 0 Å². The molecule has 1 aromatic heterocycles. The van der Waals surface area contributed by atoms with E-state index < -0.39 is 0 Å². The van der Waals surface area contributed by atoms with E-state index in [0.29, 0.717) is 0 Å². The molecule has 5 nitrogen and oxygen atoms in total. The maximum absolute atomic E-state index is 5.77. The predicted octanol–water partition coefficient (Wildman–Crippen LogP) is 2.10. The number of nitrogens with one attached hydrogen (secondary N) is 2. The summed E-state index contributed by atoms with van der Waals surface area (Å²) >= 11 is 0. The monoisotopic (exact) mass is 298 g/mol. The number of hydrogen-bond acceptors (Lipinski definition) is 5. The second kappa shape index (κ2) is 7.33. The van der Waals surface area contributed by atoms with Crippen LogP contribution in [-0.2, 0) is 11.2 Å². The van der Waals surface area contributed by atoms with Crippen LogP contribution in [0.5, 0.6) is 0 Å². The molecule has 0 bridgehead atoms. The first kappa shape index (κ1) is 14.9. The Morgan fingerprint density at radius 3 is 2.91 bits per heavy atom. The third-order valence-electron chi connectivity index (χ3n) is 3.68. The third-order valence-corrected chi connectivity index (χ3v) is 3.68. The van der Waals surface area contributed by atoms with E-state index in [4.69, 9.17) is 4.74 Å². The van der Waals surface area contributed by atoms with Crippen LogP contribution in [-0.4, -0.2) is 36.2 Å². The Kier molecular flexibility index (Phi) is 4.98. The highest BCUT2D eigenvalue weighted by molar-refractivity contribution is 5.37. The SMILES string of the molecule is Cc1nc(NCCc2ccccc2)cc([C@@H]2CNCCO2)n1. The normalized spacial score (nSPS) is 18.1. The standard InChI is InChI=1S/C17H22N4O/c1-13-20-15(16-12-18-9-10-22-16)11-17(21-13)19-8-7-14-5-3-2-4-6-14/h2-6,11,16,18H,7-10,12H2,1H3,(H,19,20,21)/t16-/m0/s1. The van der Waals surface area contributed by atoms with Gasteiger partial charge in [0.15, 0.2) is 0 Å². The summed E-state index contributed by atoms with van der Waals surface area (Å²) in [7, 11) is 0. The smallest absolute Gasteiger partial charge is 0.130 e. The van der Waals surface area contributed by atoms with Crippen molar-refractivity contribution in [1.82, 2.24) is 15.3 Å². The average Bonchev–Trinajstić information content (AvgIpc) is 2.56. The van der Waals surface area contributed by atoms with E-state index in [0.717, 1.165) is 50.0 Å². The molecule has 22 heavy (non-hydrogen) atoms. The van der Waals surface area contributed by atoms with Crippen molar-refractivity contribution in [3.8, 4) is 0 Å². The molecule has 1 saturated heterocycles. The largest absolute Gasteiger partial charge is 0.370 e. The van der Waals surface area contributed by atoms with Crippen molar-refractivity contribution in [3.63, 3.8) is 0 Å². The lowest BCUT2D eigenvalue weighted by Gasteiger charge is -2.23. The van der Waals surface area contributed by atoms with Gasteiger partial charge in [-0.25, -0.2) is 9.97 Å². The first-order valence-electron chi connectivity index (χ1n) is 7.77. The highest BCUT2D eigenvalue weighted by Crippen LogP contribution is 2.19. The van der Waals surface area contributed by atoms with E-state index in [2.05, 4.69) is 44.9 Å². The minimum atomic E-state index is 0.0186. The third kappa shape index (κ3) is 4.02. The number of hydrogen-bond donors (Lipinski definition) is 2. The zero-order valence-corrected chi connectivity index (χ0v) is 12.9. The molecule has 116 valence electrons. The molecule has 1 atom stereocenters. The average molecular weight is 298 g/mol. The predicted molar refractivity (Wildman–Crippen MR) is 87.0 cm³/mol. The lowest BCUT2D eigenvalue weighted by molar-refractivity contribution is 0.0249. The van der Waals surface area contributed by atoms with E-state index in [1.807, 2.05) is 19.1 Å². The van der Waals surface area contributed by atoms with E-state index in [1.54, 1.807) is 0 Å². The topological polar surface area (TPSA) is 59.1 Å². The van der Waals surface area contributed by atoms with Crippen LogP contribution in [0.1, 0.15) is 23.2 Å². The van der Waals surface area contributed by atoms with Gasteiger partial charge in [-0.1, -0.05) is 30.3 Å². The highest BCUT2D eigenvalue weighted by atomic mass is 16.5. The minimum Gasteiger partial charge on any atom is -0.370 e. The van der Waals surface area contributed by atoms with Gasteiger partial charge < -0.3 is 15.4 Å². The van der Waals surface area contributed by atoms with Crippen LogP contribution in [0, 0.1) is 6.92 Å². The van der Waals surface area contributed by atoms with Crippen LogP contribution < -0.4 is 10.6 Å². The molecule has 0 amide bonds. The van der Waals surface area contributed by atoms with E-state index in [-0.39, 0.29) is 6.10 Å². The number of benzene rings is 1. The summed E-state index contributed by atoms with van der Waals surface area (Å²) in [6.45, 7) is 5.21. The second-order valence-electron chi connectivity index (χ2n) is 5.45. The number of aryl methyl sites for hydroxylation is 1. The van der Waals surface area contributed by atoms with Gasteiger partial charge in [0, 0.05) is 25.7 Å². The number of aromatic nitrogens is 2. The fraction of sp³-hybridized carbons (Fsp3) is 0.412. The molecule has 1 aromatic carbocycles. The summed E-state index contributed by atoms with van der Waals surface area (Å²) in [5, 5.41) is 6.72. The van der Waals surface area contributed by atoms with Gasteiger partial charge in [0.1, 0.15) is 17.7 Å². The Morgan fingerprint density at radius 1 is 1.27 bits per heavy atom. The Hall–Kier alpha value is -1.98. The summed E-state index contributed by atoms with van der Waals surface area (Å²) in [6, 6.07) is 12.4. The molecule has 1 fully saturated rings. The van der Waals surface area contributed by atoms with Gasteiger partial charge >= 0.3 is 0 Å². The van der Waals surface area contributed by atoms with Gasteiger partial charge in [0.05, 0.1) is 12.3 Å². The summed E-state index contributed by atoms with van der Waals surface area (Å²) in [4.78, 5) is 8.97. The number of nitrogens with zero attached hydrogens (tertiary/aromatic N) is 2. The molecule has 3 rings (SSSR count). The van der Waals surface area contributed by atoms with Crippen LogP contribution >= 0.6 is 0 Å². The Labute approximate surface area is 131 Å². The van der Waals surface area contributed by atoms with Crippen LogP contribution in [0.3, 0.4) is 0 Å². The van der Waals surface area contributed by atoms with Crippen molar-refractivity contribution in [2.24, 2.45) is 0 Å². The Balaban J connectivity index is 1.62. The molecule has 2 heterocycles. The van der Waals surface area contributed by atoms with Gasteiger partial charge in [0.2, 0.25) is 0 Å². The molecule has 1 aliphatic rings. The van der Waals surface area contributed by atoms with Crippen molar-refractivity contribution in [1.29, 1.82) is 0 Å². The molecule has 0 unspecified atom stereocenters. The van der Waals surface area contributed by atoms with E-state index in [1.165, 1.54) is 5.56 Å². The minimum absolute atomic E-state index is 0.0186. The first-order valence-corrected chi connectivity index (χ1v) is 7.77. The second-order valence-corrected chi connectivity index (χ2v) is 5.45. The van der Waals surface area contributed by atoms with Gasteiger partial charge in [-0.2, -0.15) is 0 Å². The number of anilines is 1. The van der Waals surface area contributed by atoms with Crippen molar-refractivity contribution in [3.05, 3.63) is 53.5 Å². The highest BCUT2D eigenvalue weighted by Gasteiger charge is 2.18. The Bertz CT molecular complexity index is 597. The van der Waals surface area contributed by atoms with E-state index >= 15 is 0 Å². The van der Waals surface area contributed by atoms with Gasteiger partial charge in [-0.05, 0) is 18.9 Å². The number of ether oxygens (including phenoxy) is 1. The zero-order valence-electron chi connectivity index (χ0n) is 12.9. The molecule has 5 heteroatoms. The fourth-order valence-corrected chi connectivity index (χ4v) is 2.58. The lowest BCUT2D eigenvalue weighted by Crippen LogP contribution is -2.34. The summed E-state index contributed by atoms with van der Waals surface area (Å²) in [6.07, 6.45) is 0.992. The van der Waals surface area contributed by atoms with Crippen molar-refractivity contribution < 1.29 is 4.74 Å². The van der Waals surface area contributed by atoms with Crippen molar-refractivity contribution >= 4 is 5.82 Å². The molecule has 1 aliphatic heterocycles. The van der Waals surface area contributed by atoms with Crippen LogP contribution in [0.2, 0.25) is 0 Å². The van der Waals surface area contributed by atoms with Gasteiger partial charge in [-0.3, -0.25) is 0 Å². The zero-order chi connectivity index (χ0) is 15.2. The molecule has 0 aliphatic carbocycles. The van der Waals surface area contributed by atoms with Crippen molar-refractivity contribution in [2.45, 2.75) is 19.4 Å². The summed E-state index contributed by atoms with van der Waals surface area (Å²) < 4.78 is 5.77. The number of morpholine rings is 1. The molecule has 0 radical (unpaired) electrons. The van der Waals surface area contributed by atoms with Gasteiger partial charge in [0.25, 0.3) is 0 Å². The maximum atomic E-state index is 5.77. The molecule has 2 N–H and O–H groups in total. The molecule has 0 saturated carbocycles. The van der Waals surface area contributed by atoms with Crippen molar-refractivity contribution in [2.75, 3.05) is 31.6 Å². The summed E-state index contributed by atoms with van der Waals surface area (Å²) in [5.74, 6) is 1.64. The first-order chi connectivity index (χ1) is 10.8. The fourth-order valence-electron chi connectivity index (χ4n) is 2.58. The molecular formula is C17H22N4O. The van der Waals surface area contributed by atoms with Crippen LogP contribution in [0.4, 0.5) is 5.82 Å². The summed E-state index contributed by atoms with van der Waals surface area (Å²) in [5.41, 5.74) is 2.27. The number of rotatable bonds is 5. The van der Waals surface area contributed by atoms with E-state index in [9.17, 15) is 0 Å². The molecule has 0 spiro atoms. The lowest BCUT2D eigenvalue weighted by atomic mass is 10.1. The maximum Gasteiger partial charge on any atom is 0.130 e. The Morgan fingerprint density at radius 2 is 2.14 bits per heavy atom. The quantitative estimate of drug-likeness (QED) is 0.885.